The number of rotatable bonds is 2. The highest BCUT2D eigenvalue weighted by Crippen LogP contribution is 2.41. The van der Waals surface area contributed by atoms with E-state index in [0.29, 0.717) is 0 Å². The zero-order valence-corrected chi connectivity index (χ0v) is 10.7. The predicted octanol–water partition coefficient (Wildman–Crippen LogP) is 0.220. The van der Waals surface area contributed by atoms with E-state index in [0.717, 1.165) is 21.1 Å². The molecule has 1 heterocycles. The number of hydrogen-bond donors (Lipinski definition) is 2. The molecule has 0 saturated carbocycles. The third kappa shape index (κ3) is 2.17. The number of amides is 2. The molecular weight excluding hydrogens is 285 g/mol. The molecule has 0 fully saturated rings. The number of ether oxygens (including phenoxy) is 2. The summed E-state index contributed by atoms with van der Waals surface area (Å²) in [6.45, 7) is 1.08. The van der Waals surface area contributed by atoms with Gasteiger partial charge in [-0.3, -0.25) is 10.1 Å². The Balaban J connectivity index is 3.51. The van der Waals surface area contributed by atoms with Crippen molar-refractivity contribution in [1.29, 1.82) is 0 Å². The molecule has 0 aromatic heterocycles. The van der Waals surface area contributed by atoms with Crippen LogP contribution in [0.15, 0.2) is 11.3 Å². The summed E-state index contributed by atoms with van der Waals surface area (Å²) in [4.78, 5) is 34.4. The highest BCUT2D eigenvalue weighted by atomic mass is 19.4. The molecule has 112 valence electrons. The summed E-state index contributed by atoms with van der Waals surface area (Å²) in [6.07, 6.45) is -6.79. The fourth-order valence-corrected chi connectivity index (χ4v) is 1.79. The molecule has 1 aliphatic heterocycles. The Labute approximate surface area is 111 Å². The summed E-state index contributed by atoms with van der Waals surface area (Å²) < 4.78 is 48.2. The van der Waals surface area contributed by atoms with Crippen molar-refractivity contribution in [2.24, 2.45) is 0 Å². The van der Waals surface area contributed by atoms with Gasteiger partial charge in [0.25, 0.3) is 11.4 Å². The lowest BCUT2D eigenvalue weighted by Crippen LogP contribution is -2.66. The van der Waals surface area contributed by atoms with E-state index >= 15 is 0 Å². The van der Waals surface area contributed by atoms with Gasteiger partial charge < -0.3 is 14.8 Å². The van der Waals surface area contributed by atoms with E-state index in [2.05, 4.69) is 9.47 Å². The number of alkyl halides is 3. The summed E-state index contributed by atoms with van der Waals surface area (Å²) in [5, 5.41) is 3.23. The maximum absolute atomic E-state index is 13.3. The number of hydrogen-bond acceptors (Lipinski definition) is 5. The van der Waals surface area contributed by atoms with Gasteiger partial charge >= 0.3 is 18.2 Å². The van der Waals surface area contributed by atoms with Crippen LogP contribution in [0.3, 0.4) is 0 Å². The first-order valence-corrected chi connectivity index (χ1v) is 5.15. The minimum atomic E-state index is -5.27. The van der Waals surface area contributed by atoms with Crippen molar-refractivity contribution in [2.75, 3.05) is 14.2 Å². The summed E-state index contributed by atoms with van der Waals surface area (Å²) in [5.74, 6) is -3.01. The van der Waals surface area contributed by atoms with E-state index < -0.39 is 35.3 Å². The second-order valence-corrected chi connectivity index (χ2v) is 3.81. The lowest BCUT2D eigenvalue weighted by Gasteiger charge is -2.30. The summed E-state index contributed by atoms with van der Waals surface area (Å²) in [5.41, 5.74) is -4.95. The SMILES string of the molecule is COC(=O)N[C@]1(C(F)(F)F)C(=O)NC(C)=C1C(=O)OC. The van der Waals surface area contributed by atoms with E-state index in [1.807, 2.05) is 5.32 Å². The van der Waals surface area contributed by atoms with Crippen LogP contribution in [0.25, 0.3) is 0 Å². The number of halogens is 3. The molecule has 0 aromatic rings. The van der Waals surface area contributed by atoms with Gasteiger partial charge in [0.1, 0.15) is 5.57 Å². The van der Waals surface area contributed by atoms with Gasteiger partial charge in [-0.2, -0.15) is 13.2 Å². The fraction of sp³-hybridized carbons (Fsp3) is 0.500. The molecule has 2 N–H and O–H groups in total. The van der Waals surface area contributed by atoms with Crippen molar-refractivity contribution in [3.05, 3.63) is 11.3 Å². The Hall–Kier alpha value is -2.26. The molecule has 20 heavy (non-hydrogen) atoms. The third-order valence-electron chi connectivity index (χ3n) is 2.68. The smallest absolute Gasteiger partial charge is 0.425 e. The molecule has 0 radical (unpaired) electrons. The molecule has 0 aliphatic carbocycles. The van der Waals surface area contributed by atoms with E-state index in [1.165, 1.54) is 5.32 Å². The van der Waals surface area contributed by atoms with Crippen LogP contribution in [-0.2, 0) is 19.1 Å². The van der Waals surface area contributed by atoms with Gasteiger partial charge in [-0.1, -0.05) is 0 Å². The minimum Gasteiger partial charge on any atom is -0.466 e. The number of nitrogens with one attached hydrogen (secondary N) is 2. The fourth-order valence-electron chi connectivity index (χ4n) is 1.79. The number of esters is 1. The van der Waals surface area contributed by atoms with Crippen LogP contribution in [0, 0.1) is 0 Å². The average molecular weight is 296 g/mol. The highest BCUT2D eigenvalue weighted by Gasteiger charge is 2.69. The largest absolute Gasteiger partial charge is 0.466 e. The van der Waals surface area contributed by atoms with Gasteiger partial charge in [-0.15, -0.1) is 0 Å². The first-order valence-electron chi connectivity index (χ1n) is 5.15. The van der Waals surface area contributed by atoms with Gasteiger partial charge in [0.05, 0.1) is 14.2 Å². The van der Waals surface area contributed by atoms with Crippen LogP contribution < -0.4 is 10.6 Å². The molecule has 0 aromatic carbocycles. The van der Waals surface area contributed by atoms with E-state index in [-0.39, 0.29) is 5.70 Å². The van der Waals surface area contributed by atoms with E-state index in [1.54, 1.807) is 0 Å². The number of allylic oxidation sites excluding steroid dienone is 1. The van der Waals surface area contributed by atoms with Crippen LogP contribution in [0.5, 0.6) is 0 Å². The quantitative estimate of drug-likeness (QED) is 0.711. The maximum Gasteiger partial charge on any atom is 0.425 e. The van der Waals surface area contributed by atoms with Gasteiger partial charge in [0.2, 0.25) is 0 Å². The topological polar surface area (TPSA) is 93.7 Å². The normalized spacial score (nSPS) is 22.4. The summed E-state index contributed by atoms with van der Waals surface area (Å²) >= 11 is 0. The molecule has 0 spiro atoms. The molecule has 1 rings (SSSR count). The zero-order valence-electron chi connectivity index (χ0n) is 10.7. The summed E-state index contributed by atoms with van der Waals surface area (Å²) in [7, 11) is 1.67. The van der Waals surface area contributed by atoms with Crippen molar-refractivity contribution < 1.29 is 37.0 Å². The van der Waals surface area contributed by atoms with Crippen molar-refractivity contribution in [3.8, 4) is 0 Å². The Kier molecular flexibility index (Phi) is 3.97. The molecule has 2 amide bonds. The molecule has 10 heteroatoms. The standard InChI is InChI=1S/C10H11F3N2O5/c1-4-5(6(16)19-2)9(7(17)14-4,10(11,12)13)15-8(18)20-3/h1-3H3,(H,14,17)(H,15,18)/t9-/m0/s1. The number of carbonyl (C=O) groups excluding carboxylic acids is 3. The average Bonchev–Trinajstić information content (AvgIpc) is 2.60. The molecule has 0 unspecified atom stereocenters. The van der Waals surface area contributed by atoms with Crippen molar-refractivity contribution in [3.63, 3.8) is 0 Å². The minimum absolute atomic E-state index is 0.365. The van der Waals surface area contributed by atoms with Crippen LogP contribution in [0.1, 0.15) is 6.92 Å². The van der Waals surface area contributed by atoms with Gasteiger partial charge in [-0.05, 0) is 6.92 Å². The Morgan fingerprint density at radius 1 is 1.25 bits per heavy atom. The molecular formula is C10H11F3N2O5. The second-order valence-electron chi connectivity index (χ2n) is 3.81. The number of alkyl carbamates (subject to hydrolysis) is 1. The van der Waals surface area contributed by atoms with Crippen LogP contribution in [0.2, 0.25) is 0 Å². The molecule has 1 atom stereocenters. The predicted molar refractivity (Wildman–Crippen MR) is 57.2 cm³/mol. The second kappa shape index (κ2) is 5.02. The molecule has 7 nitrogen and oxygen atoms in total. The Bertz CT molecular complexity index is 500. The van der Waals surface area contributed by atoms with Gasteiger partial charge in [0.15, 0.2) is 0 Å². The highest BCUT2D eigenvalue weighted by molar-refractivity contribution is 6.09. The number of carbonyl (C=O) groups is 3. The van der Waals surface area contributed by atoms with Crippen LogP contribution in [0.4, 0.5) is 18.0 Å². The van der Waals surface area contributed by atoms with Crippen LogP contribution in [-0.4, -0.2) is 43.9 Å². The van der Waals surface area contributed by atoms with Crippen molar-refractivity contribution in [1.82, 2.24) is 10.6 Å². The van der Waals surface area contributed by atoms with E-state index in [4.69, 9.17) is 0 Å². The zero-order chi connectivity index (χ0) is 15.7. The first-order chi connectivity index (χ1) is 9.11. The summed E-state index contributed by atoms with van der Waals surface area (Å²) in [6, 6.07) is 0. The van der Waals surface area contributed by atoms with Crippen LogP contribution >= 0.6 is 0 Å². The Morgan fingerprint density at radius 2 is 1.80 bits per heavy atom. The number of methoxy groups -OCH3 is 2. The Morgan fingerprint density at radius 3 is 2.20 bits per heavy atom. The third-order valence-corrected chi connectivity index (χ3v) is 2.68. The monoisotopic (exact) mass is 296 g/mol. The van der Waals surface area contributed by atoms with E-state index in [9.17, 15) is 27.6 Å². The molecule has 1 aliphatic rings. The van der Waals surface area contributed by atoms with Gasteiger partial charge in [0, 0.05) is 5.70 Å². The maximum atomic E-state index is 13.3. The first kappa shape index (κ1) is 15.8. The molecule has 0 bridgehead atoms. The lowest BCUT2D eigenvalue weighted by molar-refractivity contribution is -0.189. The lowest BCUT2D eigenvalue weighted by atomic mass is 9.89. The van der Waals surface area contributed by atoms with Crippen molar-refractivity contribution >= 4 is 18.0 Å². The van der Waals surface area contributed by atoms with Gasteiger partial charge in [-0.25, -0.2) is 9.59 Å². The van der Waals surface area contributed by atoms with Crippen molar-refractivity contribution in [2.45, 2.75) is 18.6 Å². The molecule has 0 saturated heterocycles.